The summed E-state index contributed by atoms with van der Waals surface area (Å²) in [7, 11) is -9.91. The number of unbranched alkanes of at least 4 members (excludes halogenated alkanes) is 43. The Morgan fingerprint density at radius 3 is 0.809 bits per heavy atom. The van der Waals surface area contributed by atoms with E-state index in [4.69, 9.17) is 37.0 Å². The fourth-order valence-corrected chi connectivity index (χ4v) is 13.0. The number of carbonyl (C=O) groups is 4. The highest BCUT2D eigenvalue weighted by atomic mass is 31.2. The van der Waals surface area contributed by atoms with E-state index in [2.05, 4.69) is 41.5 Å². The number of hydrogen-bond acceptors (Lipinski definition) is 15. The van der Waals surface area contributed by atoms with Crippen LogP contribution in [0.5, 0.6) is 0 Å². The Balaban J connectivity index is 5.18. The molecule has 3 unspecified atom stereocenters. The van der Waals surface area contributed by atoms with Crippen molar-refractivity contribution in [1.29, 1.82) is 0 Å². The second-order valence-electron chi connectivity index (χ2n) is 27.8. The van der Waals surface area contributed by atoms with Gasteiger partial charge in [0.05, 0.1) is 26.4 Å². The molecule has 0 bridgehead atoms. The standard InChI is InChI=1S/C75H146O17P2/c1-7-10-12-14-16-18-20-22-24-25-26-27-28-29-30-32-34-36-38-47-53-59-74(79)91-70(63-85-72(77)57-51-45-37-35-33-31-23-21-19-17-15-13-11-8-2)65-89-93(81,82)87-61-69(76)62-88-94(83,84)90-66-71(64-86-73(78)58-52-46-41-39-43-49-55-67(4)5)92-75(80)60-54-48-42-40-44-50-56-68(6)9-3/h67-71,76H,7-66H2,1-6H3,(H,81,82)(H,83,84)/t68?,69-,70-,71-/m1/s1. The summed E-state index contributed by atoms with van der Waals surface area (Å²) < 4.78 is 68.4. The Morgan fingerprint density at radius 1 is 0.309 bits per heavy atom. The highest BCUT2D eigenvalue weighted by Crippen LogP contribution is 2.45. The molecule has 0 aromatic heterocycles. The number of aliphatic hydroxyl groups excluding tert-OH is 1. The highest BCUT2D eigenvalue weighted by Gasteiger charge is 2.30. The maximum absolute atomic E-state index is 13.1. The van der Waals surface area contributed by atoms with Crippen LogP contribution in [0, 0.1) is 11.8 Å². The van der Waals surface area contributed by atoms with E-state index in [1.807, 2.05) is 0 Å². The number of hydrogen-bond donors (Lipinski definition) is 3. The number of phosphoric acid groups is 2. The summed E-state index contributed by atoms with van der Waals surface area (Å²) in [6.07, 6.45) is 54.5. The topological polar surface area (TPSA) is 237 Å². The molecule has 0 aliphatic heterocycles. The van der Waals surface area contributed by atoms with E-state index >= 15 is 0 Å². The minimum atomic E-state index is -4.96. The molecule has 0 rings (SSSR count). The second-order valence-corrected chi connectivity index (χ2v) is 30.7. The lowest BCUT2D eigenvalue weighted by molar-refractivity contribution is -0.161. The van der Waals surface area contributed by atoms with E-state index in [1.165, 1.54) is 199 Å². The molecule has 558 valence electrons. The van der Waals surface area contributed by atoms with E-state index in [0.717, 1.165) is 102 Å². The first-order chi connectivity index (χ1) is 45.4. The monoisotopic (exact) mass is 1380 g/mol. The average molecular weight is 1380 g/mol. The first-order valence-electron chi connectivity index (χ1n) is 39.0. The predicted molar refractivity (Wildman–Crippen MR) is 381 cm³/mol. The van der Waals surface area contributed by atoms with E-state index in [-0.39, 0.29) is 25.7 Å². The van der Waals surface area contributed by atoms with Crippen LogP contribution in [0.1, 0.15) is 388 Å². The third-order valence-corrected chi connectivity index (χ3v) is 19.7. The second kappa shape index (κ2) is 66.9. The third-order valence-electron chi connectivity index (χ3n) is 17.8. The van der Waals surface area contributed by atoms with Crippen LogP contribution in [0.25, 0.3) is 0 Å². The maximum atomic E-state index is 13.1. The van der Waals surface area contributed by atoms with Crippen LogP contribution in [0.4, 0.5) is 0 Å². The van der Waals surface area contributed by atoms with Crippen LogP contribution in [-0.4, -0.2) is 96.7 Å². The number of rotatable bonds is 74. The van der Waals surface area contributed by atoms with Gasteiger partial charge >= 0.3 is 39.5 Å². The molecule has 0 saturated heterocycles. The molecule has 94 heavy (non-hydrogen) atoms. The van der Waals surface area contributed by atoms with Gasteiger partial charge in [-0.2, -0.15) is 0 Å². The average Bonchev–Trinajstić information content (AvgIpc) is 2.01. The molecule has 0 aromatic rings. The van der Waals surface area contributed by atoms with Gasteiger partial charge in [0.1, 0.15) is 19.3 Å². The van der Waals surface area contributed by atoms with Gasteiger partial charge in [0.2, 0.25) is 0 Å². The van der Waals surface area contributed by atoms with Crippen molar-refractivity contribution in [2.45, 2.75) is 407 Å². The number of carbonyl (C=O) groups excluding carboxylic acids is 4. The molecule has 19 heteroatoms. The molecular formula is C75H146O17P2. The molecule has 0 spiro atoms. The summed E-state index contributed by atoms with van der Waals surface area (Å²) in [4.78, 5) is 72.7. The van der Waals surface area contributed by atoms with Crippen molar-refractivity contribution in [3.63, 3.8) is 0 Å². The SMILES string of the molecule is CCCCCCCCCCCCCCCCCCCCCCCC(=O)O[C@H](COC(=O)CCCCCCCCCCCCCCCC)COP(=O)(O)OC[C@@H](O)COP(=O)(O)OC[C@@H](COC(=O)CCCCCCCCC(C)C)OC(=O)CCCCCCCCC(C)CC. The third kappa shape index (κ3) is 67.3. The molecule has 0 aromatic carbocycles. The molecule has 0 amide bonds. The molecule has 0 saturated carbocycles. The summed E-state index contributed by atoms with van der Waals surface area (Å²) in [5.74, 6) is -0.724. The number of esters is 4. The summed E-state index contributed by atoms with van der Waals surface area (Å²) in [5.41, 5.74) is 0. The summed E-state index contributed by atoms with van der Waals surface area (Å²) in [5, 5.41) is 10.6. The van der Waals surface area contributed by atoms with E-state index in [1.54, 1.807) is 0 Å². The first-order valence-corrected chi connectivity index (χ1v) is 42.0. The van der Waals surface area contributed by atoms with Crippen molar-refractivity contribution < 1.29 is 80.2 Å². The zero-order valence-corrected chi connectivity index (χ0v) is 63.1. The number of phosphoric ester groups is 2. The Labute approximate surface area is 575 Å². The Morgan fingerprint density at radius 2 is 0.543 bits per heavy atom. The molecule has 0 aliphatic carbocycles. The zero-order valence-electron chi connectivity index (χ0n) is 61.3. The highest BCUT2D eigenvalue weighted by molar-refractivity contribution is 7.47. The van der Waals surface area contributed by atoms with Gasteiger partial charge < -0.3 is 33.8 Å². The summed E-state index contributed by atoms with van der Waals surface area (Å²) in [6.45, 7) is 9.45. The maximum Gasteiger partial charge on any atom is 0.472 e. The van der Waals surface area contributed by atoms with Gasteiger partial charge in [-0.15, -0.1) is 0 Å². The van der Waals surface area contributed by atoms with Crippen LogP contribution >= 0.6 is 15.6 Å². The van der Waals surface area contributed by atoms with Crippen molar-refractivity contribution in [1.82, 2.24) is 0 Å². The van der Waals surface area contributed by atoms with Crippen LogP contribution in [0.15, 0.2) is 0 Å². The molecule has 0 fully saturated rings. The summed E-state index contributed by atoms with van der Waals surface area (Å²) >= 11 is 0. The van der Waals surface area contributed by atoms with Gasteiger partial charge in [0, 0.05) is 25.7 Å². The van der Waals surface area contributed by atoms with Crippen molar-refractivity contribution in [2.75, 3.05) is 39.6 Å². The molecule has 0 aliphatic rings. The Bertz CT molecular complexity index is 1820. The van der Waals surface area contributed by atoms with Gasteiger partial charge in [-0.3, -0.25) is 37.3 Å². The molecule has 6 atom stereocenters. The van der Waals surface area contributed by atoms with Gasteiger partial charge in [-0.1, -0.05) is 337 Å². The van der Waals surface area contributed by atoms with Crippen molar-refractivity contribution in [3.8, 4) is 0 Å². The Kier molecular flexibility index (Phi) is 65.5. The van der Waals surface area contributed by atoms with Gasteiger partial charge in [0.15, 0.2) is 12.2 Å². The normalized spacial score (nSPS) is 14.3. The van der Waals surface area contributed by atoms with Crippen molar-refractivity contribution >= 4 is 39.5 Å². The molecule has 3 N–H and O–H groups in total. The quantitative estimate of drug-likeness (QED) is 0.0222. The van der Waals surface area contributed by atoms with Gasteiger partial charge in [-0.25, -0.2) is 9.13 Å². The predicted octanol–water partition coefficient (Wildman–Crippen LogP) is 21.9. The molecule has 0 heterocycles. The van der Waals surface area contributed by atoms with E-state index in [0.29, 0.717) is 31.6 Å². The minimum Gasteiger partial charge on any atom is -0.462 e. The van der Waals surface area contributed by atoms with Gasteiger partial charge in [-0.05, 0) is 37.5 Å². The smallest absolute Gasteiger partial charge is 0.462 e. The lowest BCUT2D eigenvalue weighted by Crippen LogP contribution is -2.30. The van der Waals surface area contributed by atoms with Crippen LogP contribution in [-0.2, 0) is 65.4 Å². The van der Waals surface area contributed by atoms with E-state index < -0.39 is 97.5 Å². The van der Waals surface area contributed by atoms with Crippen LogP contribution in [0.2, 0.25) is 0 Å². The Hall–Kier alpha value is -1.94. The largest absolute Gasteiger partial charge is 0.472 e. The lowest BCUT2D eigenvalue weighted by Gasteiger charge is -2.21. The van der Waals surface area contributed by atoms with Gasteiger partial charge in [0.25, 0.3) is 0 Å². The number of aliphatic hydroxyl groups is 1. The molecular weight excluding hydrogens is 1230 g/mol. The van der Waals surface area contributed by atoms with E-state index in [9.17, 15) is 43.2 Å². The first kappa shape index (κ1) is 92.1. The summed E-state index contributed by atoms with van der Waals surface area (Å²) in [6, 6.07) is 0. The number of ether oxygens (including phenoxy) is 4. The van der Waals surface area contributed by atoms with Crippen LogP contribution in [0.3, 0.4) is 0 Å². The van der Waals surface area contributed by atoms with Crippen LogP contribution < -0.4 is 0 Å². The fourth-order valence-electron chi connectivity index (χ4n) is 11.4. The molecule has 17 nitrogen and oxygen atoms in total. The van der Waals surface area contributed by atoms with Crippen molar-refractivity contribution in [3.05, 3.63) is 0 Å². The molecule has 0 radical (unpaired) electrons. The zero-order chi connectivity index (χ0) is 69.3. The fraction of sp³-hybridized carbons (Fsp3) is 0.947. The van der Waals surface area contributed by atoms with Crippen molar-refractivity contribution in [2.24, 2.45) is 11.8 Å². The lowest BCUT2D eigenvalue weighted by atomic mass is 10.00. The minimum absolute atomic E-state index is 0.102.